The number of hydrogen-bond donors (Lipinski definition) is 0. The van der Waals surface area contributed by atoms with E-state index in [1.54, 1.807) is 36.4 Å². The summed E-state index contributed by atoms with van der Waals surface area (Å²) in [4.78, 5) is 0.519. The fourth-order valence-electron chi connectivity index (χ4n) is 3.67. The molecule has 0 aromatic heterocycles. The van der Waals surface area contributed by atoms with E-state index in [4.69, 9.17) is 9.47 Å². The van der Waals surface area contributed by atoms with Gasteiger partial charge in [0.15, 0.2) is 0 Å². The maximum atomic E-state index is 13.0. The summed E-state index contributed by atoms with van der Waals surface area (Å²) >= 11 is 0. The minimum atomic E-state index is -3.60. The zero-order valence-electron chi connectivity index (χ0n) is 19.3. The molecule has 0 aliphatic heterocycles. The van der Waals surface area contributed by atoms with Crippen LogP contribution in [0.3, 0.4) is 0 Å². The van der Waals surface area contributed by atoms with E-state index in [2.05, 4.69) is 13.8 Å². The highest BCUT2D eigenvalue weighted by molar-refractivity contribution is 7.91. The maximum Gasteiger partial charge on any atom is 0.206 e. The van der Waals surface area contributed by atoms with Gasteiger partial charge in [-0.1, -0.05) is 50.2 Å². The van der Waals surface area contributed by atoms with Gasteiger partial charge in [0, 0.05) is 10.8 Å². The van der Waals surface area contributed by atoms with Crippen LogP contribution in [0.5, 0.6) is 17.2 Å². The van der Waals surface area contributed by atoms with Gasteiger partial charge in [-0.2, -0.15) is 0 Å². The second-order valence-electron chi connectivity index (χ2n) is 8.57. The zero-order chi connectivity index (χ0) is 23.6. The van der Waals surface area contributed by atoms with Crippen molar-refractivity contribution >= 4 is 20.6 Å². The van der Waals surface area contributed by atoms with Crippen molar-refractivity contribution < 1.29 is 17.9 Å². The first-order valence-electron chi connectivity index (χ1n) is 11.1. The lowest BCUT2D eigenvalue weighted by molar-refractivity contribution is 0.245. The van der Waals surface area contributed by atoms with Crippen molar-refractivity contribution in [3.63, 3.8) is 0 Å². The molecule has 4 nitrogen and oxygen atoms in total. The van der Waals surface area contributed by atoms with Crippen molar-refractivity contribution in [3.8, 4) is 17.2 Å². The molecule has 0 saturated heterocycles. The Labute approximate surface area is 195 Å². The summed E-state index contributed by atoms with van der Waals surface area (Å²) in [6.07, 6.45) is 0.0660. The quantitative estimate of drug-likeness (QED) is 0.289. The van der Waals surface area contributed by atoms with Crippen LogP contribution in [0.15, 0.2) is 94.7 Å². The Kier molecular flexibility index (Phi) is 6.43. The molecular formula is C28H28O4S. The molecule has 4 aromatic rings. The number of rotatable bonds is 7. The van der Waals surface area contributed by atoms with Crippen LogP contribution in [0.4, 0.5) is 0 Å². The molecule has 0 fully saturated rings. The second-order valence-corrected chi connectivity index (χ2v) is 10.5. The average molecular weight is 461 g/mol. The molecule has 0 unspecified atom stereocenters. The van der Waals surface area contributed by atoms with Crippen LogP contribution < -0.4 is 9.47 Å². The summed E-state index contributed by atoms with van der Waals surface area (Å²) in [5, 5.41) is 1.89. The molecular weight excluding hydrogens is 432 g/mol. The van der Waals surface area contributed by atoms with E-state index in [0.717, 1.165) is 22.1 Å². The van der Waals surface area contributed by atoms with Crippen molar-refractivity contribution in [1.82, 2.24) is 0 Å². The van der Waals surface area contributed by atoms with E-state index in [1.165, 1.54) is 0 Å². The molecule has 0 aliphatic carbocycles. The van der Waals surface area contributed by atoms with Crippen LogP contribution in [0.2, 0.25) is 0 Å². The molecule has 0 amide bonds. The van der Waals surface area contributed by atoms with E-state index in [1.807, 2.05) is 62.4 Å². The Hall–Kier alpha value is -3.31. The molecule has 170 valence electrons. The number of ether oxygens (including phenoxy) is 2. The second kappa shape index (κ2) is 9.28. The van der Waals surface area contributed by atoms with Crippen LogP contribution in [0.25, 0.3) is 10.8 Å². The van der Waals surface area contributed by atoms with Crippen molar-refractivity contribution in [2.24, 2.45) is 0 Å². The molecule has 0 spiro atoms. The minimum Gasteiger partial charge on any atom is -0.490 e. The van der Waals surface area contributed by atoms with Gasteiger partial charge in [-0.05, 0) is 73.9 Å². The van der Waals surface area contributed by atoms with E-state index in [0.29, 0.717) is 17.4 Å². The normalized spacial score (nSPS) is 11.8. The fraction of sp³-hybridized carbons (Fsp3) is 0.214. The van der Waals surface area contributed by atoms with Crippen LogP contribution in [0, 0.1) is 0 Å². The summed E-state index contributed by atoms with van der Waals surface area (Å²) < 4.78 is 38.1. The van der Waals surface area contributed by atoms with Gasteiger partial charge < -0.3 is 9.47 Å². The summed E-state index contributed by atoms with van der Waals surface area (Å²) in [7, 11) is -3.60. The van der Waals surface area contributed by atoms with Crippen LogP contribution in [0.1, 0.15) is 39.2 Å². The lowest BCUT2D eigenvalue weighted by atomic mass is 10.0. The first kappa shape index (κ1) is 22.9. The molecule has 5 heteroatoms. The Bertz CT molecular complexity index is 1350. The summed E-state index contributed by atoms with van der Waals surface area (Å²) in [5.41, 5.74) is 1.11. The smallest absolute Gasteiger partial charge is 0.206 e. The van der Waals surface area contributed by atoms with Gasteiger partial charge in [0.1, 0.15) is 17.2 Å². The first-order chi connectivity index (χ1) is 15.8. The van der Waals surface area contributed by atoms with Gasteiger partial charge in [-0.25, -0.2) is 8.42 Å². The van der Waals surface area contributed by atoms with E-state index in [-0.39, 0.29) is 15.9 Å². The SMILES string of the molecule is CC(C)Oc1ccc(Oc2ccc(S(=O)(=O)c3ccc(C(C)C)cc3)cc2)c2ccccc12. The fourth-order valence-corrected chi connectivity index (χ4v) is 4.93. The largest absolute Gasteiger partial charge is 0.490 e. The highest BCUT2D eigenvalue weighted by atomic mass is 32.2. The van der Waals surface area contributed by atoms with Crippen molar-refractivity contribution in [3.05, 3.63) is 90.5 Å². The molecule has 0 heterocycles. The third-order valence-electron chi connectivity index (χ3n) is 5.43. The average Bonchev–Trinajstić information content (AvgIpc) is 2.81. The van der Waals surface area contributed by atoms with E-state index < -0.39 is 9.84 Å². The molecule has 0 bridgehead atoms. The monoisotopic (exact) mass is 460 g/mol. The van der Waals surface area contributed by atoms with Crippen LogP contribution in [-0.4, -0.2) is 14.5 Å². The number of benzene rings is 4. The molecule has 4 aromatic carbocycles. The van der Waals surface area contributed by atoms with E-state index in [9.17, 15) is 8.42 Å². The lowest BCUT2D eigenvalue weighted by Gasteiger charge is -2.15. The van der Waals surface area contributed by atoms with Gasteiger partial charge >= 0.3 is 0 Å². The third kappa shape index (κ3) is 4.88. The Balaban J connectivity index is 1.60. The summed E-state index contributed by atoms with van der Waals surface area (Å²) in [6.45, 7) is 8.15. The minimum absolute atomic E-state index is 0.0660. The molecule has 0 aliphatic rings. The maximum absolute atomic E-state index is 13.0. The molecule has 0 saturated carbocycles. The summed E-state index contributed by atoms with van der Waals surface area (Å²) in [6, 6.07) is 25.3. The predicted octanol–water partition coefficient (Wildman–Crippen LogP) is 7.38. The zero-order valence-corrected chi connectivity index (χ0v) is 20.1. The van der Waals surface area contributed by atoms with Crippen molar-refractivity contribution in [2.45, 2.75) is 49.5 Å². The number of hydrogen-bond acceptors (Lipinski definition) is 4. The molecule has 0 radical (unpaired) electrons. The predicted molar refractivity (Wildman–Crippen MR) is 132 cm³/mol. The first-order valence-corrected chi connectivity index (χ1v) is 12.6. The summed E-state index contributed by atoms with van der Waals surface area (Å²) in [5.74, 6) is 2.39. The highest BCUT2D eigenvalue weighted by Crippen LogP contribution is 2.36. The standard InChI is InChI=1S/C28H28O4S/c1-19(2)21-9-13-23(14-10-21)33(29,30)24-15-11-22(12-16-24)32-28-18-17-27(31-20(3)4)25-7-5-6-8-26(25)28/h5-20H,1-4H3. The van der Waals surface area contributed by atoms with Crippen molar-refractivity contribution in [1.29, 1.82) is 0 Å². The van der Waals surface area contributed by atoms with Gasteiger partial charge in [0.2, 0.25) is 9.84 Å². The van der Waals surface area contributed by atoms with Gasteiger partial charge in [0.25, 0.3) is 0 Å². The van der Waals surface area contributed by atoms with Gasteiger partial charge in [0.05, 0.1) is 15.9 Å². The van der Waals surface area contributed by atoms with Crippen LogP contribution >= 0.6 is 0 Å². The molecule has 4 rings (SSSR count). The van der Waals surface area contributed by atoms with Crippen molar-refractivity contribution in [2.75, 3.05) is 0 Å². The Morgan fingerprint density at radius 3 is 1.70 bits per heavy atom. The third-order valence-corrected chi connectivity index (χ3v) is 7.21. The highest BCUT2D eigenvalue weighted by Gasteiger charge is 2.18. The topological polar surface area (TPSA) is 52.6 Å². The number of sulfone groups is 1. The number of fused-ring (bicyclic) bond motifs is 1. The Morgan fingerprint density at radius 1 is 0.636 bits per heavy atom. The van der Waals surface area contributed by atoms with Gasteiger partial charge in [-0.15, -0.1) is 0 Å². The van der Waals surface area contributed by atoms with Crippen LogP contribution in [-0.2, 0) is 9.84 Å². The van der Waals surface area contributed by atoms with Gasteiger partial charge in [-0.3, -0.25) is 0 Å². The molecule has 33 heavy (non-hydrogen) atoms. The molecule has 0 N–H and O–H groups in total. The Morgan fingerprint density at radius 2 is 1.15 bits per heavy atom. The molecule has 0 atom stereocenters. The lowest BCUT2D eigenvalue weighted by Crippen LogP contribution is -2.05. The van der Waals surface area contributed by atoms with E-state index >= 15 is 0 Å².